The van der Waals surface area contributed by atoms with Crippen LogP contribution in [0.25, 0.3) is 5.65 Å². The van der Waals surface area contributed by atoms with E-state index in [0.29, 0.717) is 28.9 Å². The third-order valence-corrected chi connectivity index (χ3v) is 11.0. The molecule has 0 spiro atoms. The fourth-order valence-corrected chi connectivity index (χ4v) is 9.39. The fraction of sp³-hybridized carbons (Fsp3) is 0.556. The van der Waals surface area contributed by atoms with Gasteiger partial charge in [-0.3, -0.25) is 0 Å². The quantitative estimate of drug-likeness (QED) is 0.735. The first-order valence-corrected chi connectivity index (χ1v) is 10.7. The number of imidazole rings is 1. The van der Waals surface area contributed by atoms with Crippen LogP contribution in [0.4, 0.5) is 0 Å². The predicted molar refractivity (Wildman–Crippen MR) is 98.0 cm³/mol. The summed E-state index contributed by atoms with van der Waals surface area (Å²) in [7, 11) is -1.96. The summed E-state index contributed by atoms with van der Waals surface area (Å²) >= 11 is 0. The molecule has 6 heteroatoms. The molecule has 0 atom stereocenters. The molecule has 0 aliphatic rings. The van der Waals surface area contributed by atoms with Gasteiger partial charge in [-0.2, -0.15) is 0 Å². The molecule has 2 rings (SSSR count). The van der Waals surface area contributed by atoms with Gasteiger partial charge in [-0.25, -0.2) is 9.78 Å². The van der Waals surface area contributed by atoms with Crippen molar-refractivity contribution in [2.24, 2.45) is 0 Å². The van der Waals surface area contributed by atoms with Crippen molar-refractivity contribution in [2.45, 2.75) is 64.8 Å². The van der Waals surface area contributed by atoms with Crippen molar-refractivity contribution in [3.8, 4) is 0 Å². The fourth-order valence-electron chi connectivity index (χ4n) is 3.99. The zero-order chi connectivity index (χ0) is 18.1. The minimum Gasteiger partial charge on any atom is -0.476 e. The molecule has 1 N–H and O–H groups in total. The van der Waals surface area contributed by atoms with Gasteiger partial charge >= 0.3 is 5.97 Å². The Hall–Kier alpha value is -1.66. The first-order valence-electron chi connectivity index (χ1n) is 8.54. The van der Waals surface area contributed by atoms with Crippen molar-refractivity contribution in [2.75, 3.05) is 0 Å². The van der Waals surface area contributed by atoms with Gasteiger partial charge in [-0.1, -0.05) is 47.6 Å². The van der Waals surface area contributed by atoms with Crippen LogP contribution in [0.1, 0.15) is 57.7 Å². The molecule has 0 aliphatic carbocycles. The highest BCUT2D eigenvalue weighted by Crippen LogP contribution is 2.42. The van der Waals surface area contributed by atoms with Crippen LogP contribution in [0.2, 0.25) is 16.6 Å². The molecule has 0 aliphatic heterocycles. The first-order chi connectivity index (χ1) is 11.2. The number of fused-ring (bicyclic) bond motifs is 1. The number of hydrogen-bond acceptors (Lipinski definition) is 3. The van der Waals surface area contributed by atoms with E-state index in [1.165, 1.54) is 0 Å². The Morgan fingerprint density at radius 3 is 2.25 bits per heavy atom. The molecule has 0 aromatic carbocycles. The number of aromatic carboxylic acids is 1. The molecule has 2 aromatic heterocycles. The maximum Gasteiger partial charge on any atom is 0.356 e. The molecule has 0 radical (unpaired) electrons. The summed E-state index contributed by atoms with van der Waals surface area (Å²) in [6.07, 6.45) is 1.57. The second-order valence-electron chi connectivity index (χ2n) is 7.28. The molecule has 0 unspecified atom stereocenters. The number of hydrogen-bond donors (Lipinski definition) is 1. The maximum atomic E-state index is 11.2. The SMILES string of the molecule is CC(C)[Si](OCc1cccc2nc(C(=O)O)cn12)(C(C)C)C(C)C. The molecule has 0 saturated heterocycles. The van der Waals surface area contributed by atoms with Gasteiger partial charge in [0, 0.05) is 11.9 Å². The van der Waals surface area contributed by atoms with E-state index in [1.807, 2.05) is 22.6 Å². The molecule has 5 nitrogen and oxygen atoms in total. The summed E-state index contributed by atoms with van der Waals surface area (Å²) < 4.78 is 8.44. The Balaban J connectivity index is 2.36. The van der Waals surface area contributed by atoms with E-state index >= 15 is 0 Å². The average molecular weight is 349 g/mol. The van der Waals surface area contributed by atoms with E-state index in [4.69, 9.17) is 9.53 Å². The summed E-state index contributed by atoms with van der Waals surface area (Å²) in [5.74, 6) is -1.01. The molecule has 24 heavy (non-hydrogen) atoms. The minimum absolute atomic E-state index is 0.0579. The van der Waals surface area contributed by atoms with Gasteiger partial charge in [0.2, 0.25) is 8.32 Å². The highest BCUT2D eigenvalue weighted by Gasteiger charge is 2.45. The Bertz CT molecular complexity index is 700. The topological polar surface area (TPSA) is 63.8 Å². The van der Waals surface area contributed by atoms with E-state index < -0.39 is 14.3 Å². The first kappa shape index (κ1) is 18.7. The Morgan fingerprint density at radius 1 is 1.17 bits per heavy atom. The molecule has 0 fully saturated rings. The van der Waals surface area contributed by atoms with Crippen molar-refractivity contribution in [1.29, 1.82) is 0 Å². The van der Waals surface area contributed by atoms with E-state index in [1.54, 1.807) is 6.20 Å². The maximum absolute atomic E-state index is 11.2. The number of carboxylic acids is 1. The lowest BCUT2D eigenvalue weighted by Crippen LogP contribution is -2.47. The summed E-state index contributed by atoms with van der Waals surface area (Å²) in [5.41, 5.74) is 3.16. The highest BCUT2D eigenvalue weighted by molar-refractivity contribution is 6.77. The molecule has 2 aromatic rings. The van der Waals surface area contributed by atoms with Crippen LogP contribution in [-0.2, 0) is 11.0 Å². The zero-order valence-electron chi connectivity index (χ0n) is 15.4. The summed E-state index contributed by atoms with van der Waals surface area (Å²) in [5, 5.41) is 9.15. The van der Waals surface area contributed by atoms with Gasteiger partial charge in [0.15, 0.2) is 5.69 Å². The van der Waals surface area contributed by atoms with Crippen LogP contribution < -0.4 is 0 Å². The summed E-state index contributed by atoms with van der Waals surface area (Å²) in [4.78, 5) is 15.3. The van der Waals surface area contributed by atoms with Crippen LogP contribution in [0, 0.1) is 0 Å². The Morgan fingerprint density at radius 2 is 1.75 bits per heavy atom. The molecular formula is C18H28N2O3Si. The Labute approximate surface area is 144 Å². The molecular weight excluding hydrogens is 320 g/mol. The zero-order valence-corrected chi connectivity index (χ0v) is 16.4. The van der Waals surface area contributed by atoms with Gasteiger partial charge in [-0.05, 0) is 28.8 Å². The van der Waals surface area contributed by atoms with Crippen molar-refractivity contribution in [3.05, 3.63) is 35.8 Å². The average Bonchev–Trinajstić information content (AvgIpc) is 2.91. The van der Waals surface area contributed by atoms with Crippen molar-refractivity contribution < 1.29 is 14.3 Å². The van der Waals surface area contributed by atoms with E-state index in [0.717, 1.165) is 5.69 Å². The van der Waals surface area contributed by atoms with Gasteiger partial charge in [-0.15, -0.1) is 0 Å². The normalized spacial score (nSPS) is 12.7. The third-order valence-electron chi connectivity index (χ3n) is 4.97. The highest BCUT2D eigenvalue weighted by atomic mass is 28.4. The lowest BCUT2D eigenvalue weighted by atomic mass is 10.3. The standard InChI is InChI=1S/C18H28N2O3Si/c1-12(2)24(13(3)4,14(5)6)23-11-15-8-7-9-17-19-16(18(21)22)10-20(15)17/h7-10,12-14H,11H2,1-6H3,(H,21,22). The van der Waals surface area contributed by atoms with E-state index in [9.17, 15) is 4.79 Å². The molecule has 2 heterocycles. The van der Waals surface area contributed by atoms with Crippen molar-refractivity contribution in [1.82, 2.24) is 9.38 Å². The smallest absolute Gasteiger partial charge is 0.356 e. The number of carboxylic acid groups (broad SMARTS) is 1. The van der Waals surface area contributed by atoms with Crippen molar-refractivity contribution >= 4 is 19.9 Å². The Kier molecular flexibility index (Phi) is 5.50. The van der Waals surface area contributed by atoms with Crippen LogP contribution in [0.15, 0.2) is 24.4 Å². The second-order valence-corrected chi connectivity index (χ2v) is 12.7. The molecule has 0 saturated carbocycles. The monoisotopic (exact) mass is 348 g/mol. The lowest BCUT2D eigenvalue weighted by molar-refractivity contribution is 0.0691. The number of aromatic nitrogens is 2. The number of pyridine rings is 1. The summed E-state index contributed by atoms with van der Waals surface area (Å²) in [6.45, 7) is 14.0. The van der Waals surface area contributed by atoms with Gasteiger partial charge < -0.3 is 13.9 Å². The van der Waals surface area contributed by atoms with Gasteiger partial charge in [0.1, 0.15) is 5.65 Å². The molecule has 0 bridgehead atoms. The van der Waals surface area contributed by atoms with E-state index in [2.05, 4.69) is 46.5 Å². The van der Waals surface area contributed by atoms with Gasteiger partial charge in [0.05, 0.1) is 6.61 Å². The number of carbonyl (C=O) groups is 1. The van der Waals surface area contributed by atoms with Crippen LogP contribution in [0.5, 0.6) is 0 Å². The molecule has 0 amide bonds. The lowest BCUT2D eigenvalue weighted by Gasteiger charge is -2.42. The molecule has 132 valence electrons. The second kappa shape index (κ2) is 7.07. The largest absolute Gasteiger partial charge is 0.476 e. The summed E-state index contributed by atoms with van der Waals surface area (Å²) in [6, 6.07) is 5.68. The van der Waals surface area contributed by atoms with Crippen LogP contribution in [-0.4, -0.2) is 28.8 Å². The minimum atomic E-state index is -1.96. The third kappa shape index (κ3) is 3.25. The predicted octanol–water partition coefficient (Wildman–Crippen LogP) is 4.72. The van der Waals surface area contributed by atoms with Gasteiger partial charge in [0.25, 0.3) is 0 Å². The number of rotatable bonds is 7. The number of nitrogens with zero attached hydrogens (tertiary/aromatic N) is 2. The van der Waals surface area contributed by atoms with E-state index in [-0.39, 0.29) is 5.69 Å². The van der Waals surface area contributed by atoms with Crippen LogP contribution in [0.3, 0.4) is 0 Å². The van der Waals surface area contributed by atoms with Crippen LogP contribution >= 0.6 is 0 Å². The van der Waals surface area contributed by atoms with Crippen molar-refractivity contribution in [3.63, 3.8) is 0 Å².